The zero-order chi connectivity index (χ0) is 14.4. The summed E-state index contributed by atoms with van der Waals surface area (Å²) in [5.41, 5.74) is 1.39. The summed E-state index contributed by atoms with van der Waals surface area (Å²) in [6, 6.07) is 8.36. The average Bonchev–Trinajstić information content (AvgIpc) is 2.48. The number of hydrogen-bond acceptors (Lipinski definition) is 2. The molecule has 0 bridgehead atoms. The van der Waals surface area contributed by atoms with Crippen LogP contribution in [0.4, 0.5) is 0 Å². The lowest BCUT2D eigenvalue weighted by Gasteiger charge is -2.27. The largest absolute Gasteiger partial charge is 0.497 e. The van der Waals surface area contributed by atoms with Crippen LogP contribution in [0.25, 0.3) is 0 Å². The molecule has 1 aromatic rings. The lowest BCUT2D eigenvalue weighted by Crippen LogP contribution is -2.11. The minimum absolute atomic E-state index is 0.137. The first-order chi connectivity index (χ1) is 9.69. The van der Waals surface area contributed by atoms with Crippen LogP contribution in [0, 0.1) is 5.92 Å². The summed E-state index contributed by atoms with van der Waals surface area (Å²) in [5.74, 6) is 1.32. The van der Waals surface area contributed by atoms with E-state index in [2.05, 4.69) is 18.2 Å². The predicted molar refractivity (Wildman–Crippen MR) is 79.1 cm³/mol. The number of hydrogen-bond donors (Lipinski definition) is 1. The smallest absolute Gasteiger partial charge is 0.307 e. The molecule has 3 nitrogen and oxygen atoms in total. The van der Waals surface area contributed by atoms with Crippen molar-refractivity contribution in [3.05, 3.63) is 42.0 Å². The highest BCUT2D eigenvalue weighted by Gasteiger charge is 2.20. The first kappa shape index (κ1) is 14.6. The quantitative estimate of drug-likeness (QED) is 0.825. The van der Waals surface area contributed by atoms with Gasteiger partial charge in [0.2, 0.25) is 0 Å². The monoisotopic (exact) mass is 274 g/mol. The van der Waals surface area contributed by atoms with Crippen molar-refractivity contribution in [2.45, 2.75) is 38.0 Å². The van der Waals surface area contributed by atoms with Crippen molar-refractivity contribution in [2.75, 3.05) is 7.11 Å². The Hall–Kier alpha value is -1.77. The Morgan fingerprint density at radius 1 is 1.25 bits per heavy atom. The molecule has 1 saturated carbocycles. The summed E-state index contributed by atoms with van der Waals surface area (Å²) in [6.07, 6.45) is 8.65. The number of carboxylic acid groups (broad SMARTS) is 1. The van der Waals surface area contributed by atoms with Crippen molar-refractivity contribution in [3.63, 3.8) is 0 Å². The van der Waals surface area contributed by atoms with Crippen LogP contribution in [0.1, 0.15) is 43.6 Å². The minimum atomic E-state index is -0.756. The molecule has 0 saturated heterocycles. The molecule has 108 valence electrons. The molecule has 0 spiro atoms. The SMILES string of the molecule is COc1ccc(C2CCC(C=CCC(=O)O)CC2)cc1. The fraction of sp³-hybridized carbons (Fsp3) is 0.471. The van der Waals surface area contributed by atoms with Crippen molar-refractivity contribution in [2.24, 2.45) is 5.92 Å². The maximum Gasteiger partial charge on any atom is 0.307 e. The normalized spacial score (nSPS) is 22.9. The molecule has 0 amide bonds. The molecule has 2 rings (SSSR count). The molecule has 1 aliphatic carbocycles. The van der Waals surface area contributed by atoms with Gasteiger partial charge in [0.1, 0.15) is 5.75 Å². The Morgan fingerprint density at radius 2 is 1.90 bits per heavy atom. The second-order valence-corrected chi connectivity index (χ2v) is 5.41. The van der Waals surface area contributed by atoms with E-state index in [0.717, 1.165) is 18.6 Å². The summed E-state index contributed by atoms with van der Waals surface area (Å²) in [6.45, 7) is 0. The molecule has 0 unspecified atom stereocenters. The molecular weight excluding hydrogens is 252 g/mol. The number of ether oxygens (including phenoxy) is 1. The molecule has 0 aliphatic heterocycles. The van der Waals surface area contributed by atoms with Gasteiger partial charge in [-0.25, -0.2) is 0 Å². The van der Waals surface area contributed by atoms with Gasteiger partial charge in [-0.3, -0.25) is 4.79 Å². The highest BCUT2D eigenvalue weighted by molar-refractivity contribution is 5.68. The van der Waals surface area contributed by atoms with Gasteiger partial charge in [-0.2, -0.15) is 0 Å². The fourth-order valence-corrected chi connectivity index (χ4v) is 2.88. The highest BCUT2D eigenvalue weighted by atomic mass is 16.5. The number of aliphatic carboxylic acids is 1. The lowest BCUT2D eigenvalue weighted by atomic mass is 9.78. The van der Waals surface area contributed by atoms with Gasteiger partial charge >= 0.3 is 5.97 Å². The summed E-state index contributed by atoms with van der Waals surface area (Å²) >= 11 is 0. The molecule has 1 aromatic carbocycles. The molecule has 1 N–H and O–H groups in total. The summed E-state index contributed by atoms with van der Waals surface area (Å²) < 4.78 is 5.18. The van der Waals surface area contributed by atoms with E-state index in [-0.39, 0.29) is 6.42 Å². The Labute approximate surface area is 120 Å². The first-order valence-corrected chi connectivity index (χ1v) is 7.21. The maximum absolute atomic E-state index is 10.5. The van der Waals surface area contributed by atoms with Gasteiger partial charge in [-0.1, -0.05) is 24.3 Å². The Morgan fingerprint density at radius 3 is 2.45 bits per heavy atom. The van der Waals surface area contributed by atoms with E-state index < -0.39 is 5.97 Å². The van der Waals surface area contributed by atoms with Crippen LogP contribution in [0.3, 0.4) is 0 Å². The van der Waals surface area contributed by atoms with Gasteiger partial charge < -0.3 is 9.84 Å². The molecule has 20 heavy (non-hydrogen) atoms. The van der Waals surface area contributed by atoms with Crippen LogP contribution in [-0.4, -0.2) is 18.2 Å². The van der Waals surface area contributed by atoms with Crippen LogP contribution in [0.15, 0.2) is 36.4 Å². The van der Waals surface area contributed by atoms with E-state index in [0.29, 0.717) is 11.8 Å². The number of carboxylic acids is 1. The standard InChI is InChI=1S/C17H22O3/c1-20-16-11-9-15(10-12-16)14-7-5-13(6-8-14)3-2-4-17(18)19/h2-3,9-14H,4-8H2,1H3,(H,18,19). The molecule has 1 aliphatic rings. The zero-order valence-corrected chi connectivity index (χ0v) is 11.9. The van der Waals surface area contributed by atoms with E-state index in [9.17, 15) is 4.79 Å². The van der Waals surface area contributed by atoms with Gasteiger partial charge in [0, 0.05) is 0 Å². The second-order valence-electron chi connectivity index (χ2n) is 5.41. The number of benzene rings is 1. The van der Waals surface area contributed by atoms with Gasteiger partial charge in [0.15, 0.2) is 0 Å². The number of methoxy groups -OCH3 is 1. The van der Waals surface area contributed by atoms with Gasteiger partial charge in [0.05, 0.1) is 13.5 Å². The van der Waals surface area contributed by atoms with Crippen molar-refractivity contribution < 1.29 is 14.6 Å². The average molecular weight is 274 g/mol. The van der Waals surface area contributed by atoms with Gasteiger partial charge in [-0.15, -0.1) is 0 Å². The van der Waals surface area contributed by atoms with E-state index in [1.807, 2.05) is 12.1 Å². The van der Waals surface area contributed by atoms with Crippen LogP contribution in [-0.2, 0) is 4.79 Å². The van der Waals surface area contributed by atoms with Crippen molar-refractivity contribution >= 4 is 5.97 Å². The number of carbonyl (C=O) groups is 1. The minimum Gasteiger partial charge on any atom is -0.497 e. The van der Waals surface area contributed by atoms with E-state index in [1.165, 1.54) is 18.4 Å². The predicted octanol–water partition coefficient (Wildman–Crippen LogP) is 4.00. The van der Waals surface area contributed by atoms with Crippen LogP contribution in [0.2, 0.25) is 0 Å². The third kappa shape index (κ3) is 4.12. The van der Waals surface area contributed by atoms with Crippen LogP contribution >= 0.6 is 0 Å². The van der Waals surface area contributed by atoms with Crippen LogP contribution in [0.5, 0.6) is 5.75 Å². The van der Waals surface area contributed by atoms with Crippen molar-refractivity contribution in [1.29, 1.82) is 0 Å². The molecular formula is C17H22O3. The van der Waals surface area contributed by atoms with Crippen molar-refractivity contribution in [1.82, 2.24) is 0 Å². The lowest BCUT2D eigenvalue weighted by molar-refractivity contribution is -0.136. The van der Waals surface area contributed by atoms with Crippen LogP contribution < -0.4 is 4.74 Å². The van der Waals surface area contributed by atoms with E-state index in [4.69, 9.17) is 9.84 Å². The number of rotatable bonds is 5. The molecule has 0 heterocycles. The van der Waals surface area contributed by atoms with Crippen molar-refractivity contribution in [3.8, 4) is 5.75 Å². The third-order valence-electron chi connectivity index (χ3n) is 4.06. The third-order valence-corrected chi connectivity index (χ3v) is 4.06. The summed E-state index contributed by atoms with van der Waals surface area (Å²) in [7, 11) is 1.68. The second kappa shape index (κ2) is 7.13. The molecule has 0 radical (unpaired) electrons. The maximum atomic E-state index is 10.5. The fourth-order valence-electron chi connectivity index (χ4n) is 2.88. The van der Waals surface area contributed by atoms with Gasteiger partial charge in [-0.05, 0) is 55.2 Å². The zero-order valence-electron chi connectivity index (χ0n) is 11.9. The topological polar surface area (TPSA) is 46.5 Å². The first-order valence-electron chi connectivity index (χ1n) is 7.21. The van der Waals surface area contributed by atoms with E-state index >= 15 is 0 Å². The summed E-state index contributed by atoms with van der Waals surface area (Å²) in [4.78, 5) is 10.5. The molecule has 1 fully saturated rings. The highest BCUT2D eigenvalue weighted by Crippen LogP contribution is 2.36. The molecule has 0 atom stereocenters. The van der Waals surface area contributed by atoms with Gasteiger partial charge in [0.25, 0.3) is 0 Å². The molecule has 0 aromatic heterocycles. The molecule has 3 heteroatoms. The Bertz CT molecular complexity index is 454. The Balaban J connectivity index is 1.84. The summed E-state index contributed by atoms with van der Waals surface area (Å²) in [5, 5.41) is 8.61. The Kier molecular flexibility index (Phi) is 5.22. The number of allylic oxidation sites excluding steroid dienone is 1. The van der Waals surface area contributed by atoms with E-state index in [1.54, 1.807) is 13.2 Å².